The minimum atomic E-state index is -3.49. The molecular formula is C26H39ClN2O8S. The molecule has 10 nitrogen and oxygen atoms in total. The summed E-state index contributed by atoms with van der Waals surface area (Å²) in [6, 6.07) is 6.73. The number of unbranched alkanes of at least 4 members (excludes halogenated alkanes) is 1. The van der Waals surface area contributed by atoms with Gasteiger partial charge in [0.05, 0.1) is 4.90 Å². The minimum Gasteiger partial charge on any atom is -0.479 e. The zero-order chi connectivity index (χ0) is 28.1. The van der Waals surface area contributed by atoms with Gasteiger partial charge in [-0.1, -0.05) is 50.3 Å². The van der Waals surface area contributed by atoms with E-state index in [1.807, 2.05) is 0 Å². The van der Waals surface area contributed by atoms with Crippen LogP contribution in [0.2, 0.25) is 5.02 Å². The number of carbonyl (C=O) groups is 2. The van der Waals surface area contributed by atoms with Gasteiger partial charge in [0.1, 0.15) is 0 Å². The summed E-state index contributed by atoms with van der Waals surface area (Å²) in [5.74, 6) is -2.64. The Bertz CT molecular complexity index is 1040. The first-order valence-corrected chi connectivity index (χ1v) is 15.0. The highest BCUT2D eigenvalue weighted by Gasteiger charge is 2.54. The van der Waals surface area contributed by atoms with E-state index in [0.29, 0.717) is 40.3 Å². The van der Waals surface area contributed by atoms with Crippen molar-refractivity contribution in [1.29, 1.82) is 0 Å². The lowest BCUT2D eigenvalue weighted by molar-refractivity contribution is -0.165. The van der Waals surface area contributed by atoms with E-state index in [9.17, 15) is 18.0 Å². The molecule has 214 valence electrons. The van der Waals surface area contributed by atoms with Crippen molar-refractivity contribution in [2.24, 2.45) is 17.3 Å². The van der Waals surface area contributed by atoms with Crippen LogP contribution in [0.1, 0.15) is 51.9 Å². The fourth-order valence-corrected chi connectivity index (χ4v) is 8.11. The average molecular weight is 575 g/mol. The van der Waals surface area contributed by atoms with Crippen molar-refractivity contribution in [3.05, 3.63) is 29.3 Å². The van der Waals surface area contributed by atoms with Gasteiger partial charge in [0.25, 0.3) is 0 Å². The van der Waals surface area contributed by atoms with Crippen LogP contribution in [0.4, 0.5) is 0 Å². The van der Waals surface area contributed by atoms with Gasteiger partial charge in [-0.25, -0.2) is 18.0 Å². The number of aliphatic carboxylic acids is 2. The first kappa shape index (κ1) is 30.8. The molecule has 3 aliphatic rings. The van der Waals surface area contributed by atoms with E-state index in [-0.39, 0.29) is 0 Å². The third-order valence-electron chi connectivity index (χ3n) is 8.28. The lowest BCUT2D eigenvalue weighted by Gasteiger charge is -2.59. The van der Waals surface area contributed by atoms with E-state index in [1.165, 1.54) is 44.9 Å². The van der Waals surface area contributed by atoms with Gasteiger partial charge in [-0.2, -0.15) is 4.31 Å². The van der Waals surface area contributed by atoms with Crippen LogP contribution in [-0.2, 0) is 19.6 Å². The maximum atomic E-state index is 13.3. The number of carboxylic acids is 2. The number of benzene rings is 1. The highest BCUT2D eigenvalue weighted by molar-refractivity contribution is 7.89. The fraction of sp³-hybridized carbons (Fsp3) is 0.692. The molecule has 4 atom stereocenters. The van der Waals surface area contributed by atoms with E-state index in [0.717, 1.165) is 19.6 Å². The van der Waals surface area contributed by atoms with Gasteiger partial charge in [-0.3, -0.25) is 0 Å². The van der Waals surface area contributed by atoms with E-state index in [4.69, 9.17) is 32.0 Å². The Labute approximate surface area is 229 Å². The molecule has 1 saturated carbocycles. The molecule has 2 bridgehead atoms. The fourth-order valence-electron chi connectivity index (χ4n) is 6.27. The lowest BCUT2D eigenvalue weighted by atomic mass is 9.55. The van der Waals surface area contributed by atoms with E-state index >= 15 is 0 Å². The summed E-state index contributed by atoms with van der Waals surface area (Å²) in [6.07, 6.45) is 4.44. The highest BCUT2D eigenvalue weighted by atomic mass is 35.5. The molecule has 1 spiro atoms. The van der Waals surface area contributed by atoms with Crippen LogP contribution < -0.4 is 0 Å². The van der Waals surface area contributed by atoms with Gasteiger partial charge >= 0.3 is 11.9 Å². The summed E-state index contributed by atoms with van der Waals surface area (Å²) in [5.41, 5.74) is 0.362. The molecule has 1 aromatic carbocycles. The largest absolute Gasteiger partial charge is 0.479 e. The summed E-state index contributed by atoms with van der Waals surface area (Å²) in [4.78, 5) is 22.5. The Kier molecular flexibility index (Phi) is 10.6. The number of aliphatic hydroxyl groups is 2. The highest BCUT2D eigenvalue weighted by Crippen LogP contribution is 2.54. The van der Waals surface area contributed by atoms with Gasteiger partial charge < -0.3 is 25.3 Å². The monoisotopic (exact) mass is 574 g/mol. The number of rotatable bonds is 8. The number of likely N-dealkylation sites (tertiary alicyclic amines) is 1. The number of sulfonamides is 1. The molecule has 1 aliphatic carbocycles. The van der Waals surface area contributed by atoms with E-state index in [1.54, 1.807) is 28.6 Å². The molecule has 2 unspecified atom stereocenters. The predicted octanol–water partition coefficient (Wildman–Crippen LogP) is 2.52. The van der Waals surface area contributed by atoms with Gasteiger partial charge in [0.2, 0.25) is 10.0 Å². The molecule has 38 heavy (non-hydrogen) atoms. The standard InChI is InChI=1S/C22H33ClN2O2S.C4H6O6/c1-2-3-12-24-14-18-16-25(28(26,27)21-9-7-8-20(23)13-21)17-19(15-24)22(18)10-5-4-6-11-22;5-1(3(7)8)2(6)4(9)10/h7-9,13,18-19H,2-6,10-12,14-17H2,1H3;1-2,5-6H,(H,7,8)(H,9,10)/t;1-,2-/m.1/s1. The van der Waals surface area contributed by atoms with Gasteiger partial charge in [-0.15, -0.1) is 0 Å². The summed E-state index contributed by atoms with van der Waals surface area (Å²) in [5, 5.41) is 33.0. The molecule has 3 fully saturated rings. The van der Waals surface area contributed by atoms with Crippen molar-refractivity contribution in [2.45, 2.75) is 69.0 Å². The van der Waals surface area contributed by atoms with Crippen molar-refractivity contribution in [1.82, 2.24) is 9.21 Å². The molecule has 4 rings (SSSR count). The topological polar surface area (TPSA) is 156 Å². The average Bonchev–Trinajstić information content (AvgIpc) is 2.87. The summed E-state index contributed by atoms with van der Waals surface area (Å²) < 4.78 is 28.5. The van der Waals surface area contributed by atoms with Crippen LogP contribution >= 0.6 is 11.6 Å². The van der Waals surface area contributed by atoms with Gasteiger partial charge in [0.15, 0.2) is 12.2 Å². The second kappa shape index (κ2) is 13.1. The maximum Gasteiger partial charge on any atom is 0.335 e. The molecule has 1 aromatic rings. The maximum absolute atomic E-state index is 13.3. The van der Waals surface area contributed by atoms with Gasteiger partial charge in [0, 0.05) is 31.2 Å². The van der Waals surface area contributed by atoms with Crippen LogP contribution in [0.5, 0.6) is 0 Å². The molecule has 2 aliphatic heterocycles. The number of piperidine rings is 2. The molecule has 0 aromatic heterocycles. The van der Waals surface area contributed by atoms with Crippen molar-refractivity contribution >= 4 is 33.6 Å². The lowest BCUT2D eigenvalue weighted by Crippen LogP contribution is -2.64. The number of hydrogen-bond acceptors (Lipinski definition) is 7. The Hall–Kier alpha value is -1.76. The number of nitrogens with zero attached hydrogens (tertiary/aromatic N) is 2. The van der Waals surface area contributed by atoms with Crippen molar-refractivity contribution in [3.8, 4) is 0 Å². The Morgan fingerprint density at radius 3 is 2.03 bits per heavy atom. The van der Waals surface area contributed by atoms with Crippen LogP contribution in [-0.4, -0.2) is 94.9 Å². The summed E-state index contributed by atoms with van der Waals surface area (Å²) >= 11 is 6.08. The summed E-state index contributed by atoms with van der Waals surface area (Å²) in [6.45, 7) is 6.82. The molecular weight excluding hydrogens is 536 g/mol. The Morgan fingerprint density at radius 2 is 1.55 bits per heavy atom. The van der Waals surface area contributed by atoms with E-state index in [2.05, 4.69) is 11.8 Å². The minimum absolute atomic E-state index is 0.334. The van der Waals surface area contributed by atoms with Crippen LogP contribution in [0.15, 0.2) is 29.2 Å². The SMILES string of the molecule is CCCCN1CC2CN(S(=O)(=O)c3cccc(Cl)c3)CC(C1)C21CCCCC1.O=C(O)[C@H](O)[C@@H](O)C(=O)O. The first-order chi connectivity index (χ1) is 17.9. The molecule has 0 radical (unpaired) electrons. The van der Waals surface area contributed by atoms with Crippen LogP contribution in [0.25, 0.3) is 0 Å². The Balaban J connectivity index is 0.000000342. The molecule has 2 saturated heterocycles. The molecule has 12 heteroatoms. The molecule has 0 amide bonds. The quantitative estimate of drug-likeness (QED) is 0.366. The third kappa shape index (κ3) is 6.86. The molecule has 2 heterocycles. The second-order valence-electron chi connectivity index (χ2n) is 10.6. The normalized spacial score (nSPS) is 25.2. The van der Waals surface area contributed by atoms with Crippen molar-refractivity contribution in [3.63, 3.8) is 0 Å². The van der Waals surface area contributed by atoms with Crippen LogP contribution in [0, 0.1) is 17.3 Å². The van der Waals surface area contributed by atoms with Crippen molar-refractivity contribution in [2.75, 3.05) is 32.7 Å². The van der Waals surface area contributed by atoms with E-state index < -0.39 is 34.2 Å². The third-order valence-corrected chi connectivity index (χ3v) is 10.3. The number of hydrogen-bond donors (Lipinski definition) is 4. The zero-order valence-electron chi connectivity index (χ0n) is 21.7. The Morgan fingerprint density at radius 1 is 1.00 bits per heavy atom. The predicted molar refractivity (Wildman–Crippen MR) is 141 cm³/mol. The number of aliphatic hydroxyl groups excluding tert-OH is 2. The smallest absolute Gasteiger partial charge is 0.335 e. The first-order valence-electron chi connectivity index (χ1n) is 13.2. The number of carboxylic acid groups (broad SMARTS) is 2. The second-order valence-corrected chi connectivity index (χ2v) is 13.0. The zero-order valence-corrected chi connectivity index (χ0v) is 23.3. The van der Waals surface area contributed by atoms with Crippen LogP contribution in [0.3, 0.4) is 0 Å². The molecule has 4 N–H and O–H groups in total. The summed E-state index contributed by atoms with van der Waals surface area (Å²) in [7, 11) is -3.49. The van der Waals surface area contributed by atoms with Crippen molar-refractivity contribution < 1.29 is 38.4 Å². The number of halogens is 1. The van der Waals surface area contributed by atoms with Gasteiger partial charge in [-0.05, 0) is 61.3 Å².